The molecule has 0 unspecified atom stereocenters. The highest BCUT2D eigenvalue weighted by Crippen LogP contribution is 2.44. The number of carboxylic acids is 1. The van der Waals surface area contributed by atoms with Crippen LogP contribution >= 0.6 is 15.9 Å². The van der Waals surface area contributed by atoms with Gasteiger partial charge in [0.1, 0.15) is 19.0 Å². The molecule has 2 rings (SSSR count). The molecule has 1 aromatic rings. The number of halogens is 1. The van der Waals surface area contributed by atoms with Gasteiger partial charge in [-0.25, -0.2) is 0 Å². The number of benzene rings is 1. The SMILES string of the molecule is O=C(O)CCCc1c(O)c(Br)cc2c1OCCO2. The number of fused-ring (bicyclic) bond motifs is 1. The fourth-order valence-corrected chi connectivity index (χ4v) is 2.31. The summed E-state index contributed by atoms with van der Waals surface area (Å²) >= 11 is 3.24. The van der Waals surface area contributed by atoms with Gasteiger partial charge < -0.3 is 19.7 Å². The first-order valence-corrected chi connectivity index (χ1v) is 6.40. The van der Waals surface area contributed by atoms with Crippen molar-refractivity contribution in [1.82, 2.24) is 0 Å². The molecule has 1 aliphatic heterocycles. The second-order valence-electron chi connectivity index (χ2n) is 3.96. The Bertz CT molecular complexity index is 472. The van der Waals surface area contributed by atoms with Gasteiger partial charge in [-0.1, -0.05) is 0 Å². The molecule has 2 N–H and O–H groups in total. The van der Waals surface area contributed by atoms with Crippen LogP contribution in [0.4, 0.5) is 0 Å². The van der Waals surface area contributed by atoms with Gasteiger partial charge in [-0.05, 0) is 28.8 Å². The van der Waals surface area contributed by atoms with Crippen molar-refractivity contribution in [3.8, 4) is 17.2 Å². The molecule has 1 aliphatic rings. The Hall–Kier alpha value is -1.43. The summed E-state index contributed by atoms with van der Waals surface area (Å²) in [5.74, 6) is 0.337. The molecule has 0 saturated heterocycles. The highest BCUT2D eigenvalue weighted by atomic mass is 79.9. The number of carboxylic acid groups (broad SMARTS) is 1. The Morgan fingerprint density at radius 1 is 1.39 bits per heavy atom. The summed E-state index contributed by atoms with van der Waals surface area (Å²) in [6.45, 7) is 0.902. The Balaban J connectivity index is 2.26. The molecule has 18 heavy (non-hydrogen) atoms. The molecule has 98 valence electrons. The van der Waals surface area contributed by atoms with Crippen LogP contribution in [0.3, 0.4) is 0 Å². The molecular weight excluding hydrogens is 304 g/mol. The Kier molecular flexibility index (Phi) is 3.96. The first kappa shape index (κ1) is 13.0. The van der Waals surface area contributed by atoms with Gasteiger partial charge >= 0.3 is 5.97 Å². The second kappa shape index (κ2) is 5.48. The van der Waals surface area contributed by atoms with E-state index in [1.165, 1.54) is 0 Å². The number of rotatable bonds is 4. The molecule has 0 atom stereocenters. The van der Waals surface area contributed by atoms with Crippen LogP contribution in [0.2, 0.25) is 0 Å². The smallest absolute Gasteiger partial charge is 0.303 e. The first-order valence-electron chi connectivity index (χ1n) is 5.61. The molecule has 0 aromatic heterocycles. The van der Waals surface area contributed by atoms with Gasteiger partial charge in [-0.15, -0.1) is 0 Å². The van der Waals surface area contributed by atoms with Crippen molar-refractivity contribution in [2.45, 2.75) is 19.3 Å². The zero-order valence-electron chi connectivity index (χ0n) is 9.61. The van der Waals surface area contributed by atoms with E-state index in [1.807, 2.05) is 0 Å². The van der Waals surface area contributed by atoms with Crippen LogP contribution in [0.5, 0.6) is 17.2 Å². The first-order chi connectivity index (χ1) is 8.59. The minimum absolute atomic E-state index is 0.0571. The number of phenolic OH excluding ortho intramolecular Hbond substituents is 1. The van der Waals surface area contributed by atoms with Gasteiger partial charge in [0, 0.05) is 18.1 Å². The third-order valence-electron chi connectivity index (χ3n) is 2.67. The zero-order chi connectivity index (χ0) is 13.1. The van der Waals surface area contributed by atoms with E-state index in [9.17, 15) is 9.90 Å². The molecule has 0 aliphatic carbocycles. The van der Waals surface area contributed by atoms with E-state index in [-0.39, 0.29) is 12.2 Å². The topological polar surface area (TPSA) is 76.0 Å². The van der Waals surface area contributed by atoms with Crippen molar-refractivity contribution in [2.24, 2.45) is 0 Å². The van der Waals surface area contributed by atoms with Crippen LogP contribution in [0.1, 0.15) is 18.4 Å². The van der Waals surface area contributed by atoms with Crippen molar-refractivity contribution in [3.63, 3.8) is 0 Å². The minimum Gasteiger partial charge on any atom is -0.506 e. The van der Waals surface area contributed by atoms with Gasteiger partial charge in [-0.2, -0.15) is 0 Å². The summed E-state index contributed by atoms with van der Waals surface area (Å²) in [6.07, 6.45) is 0.931. The maximum atomic E-state index is 10.5. The monoisotopic (exact) mass is 316 g/mol. The fourth-order valence-electron chi connectivity index (χ4n) is 1.86. The van der Waals surface area contributed by atoms with Gasteiger partial charge in [0.05, 0.1) is 4.47 Å². The highest BCUT2D eigenvalue weighted by Gasteiger charge is 2.21. The van der Waals surface area contributed by atoms with E-state index >= 15 is 0 Å². The van der Waals surface area contributed by atoms with Crippen LogP contribution in [0.25, 0.3) is 0 Å². The third kappa shape index (κ3) is 2.69. The molecule has 0 radical (unpaired) electrons. The van der Waals surface area contributed by atoms with E-state index < -0.39 is 5.97 Å². The molecule has 0 bridgehead atoms. The number of hydrogen-bond donors (Lipinski definition) is 2. The minimum atomic E-state index is -0.851. The average molecular weight is 317 g/mol. The van der Waals surface area contributed by atoms with E-state index in [2.05, 4.69) is 15.9 Å². The lowest BCUT2D eigenvalue weighted by Crippen LogP contribution is -2.17. The average Bonchev–Trinajstić information content (AvgIpc) is 2.33. The number of ether oxygens (including phenoxy) is 2. The summed E-state index contributed by atoms with van der Waals surface area (Å²) in [5, 5.41) is 18.6. The molecule has 0 amide bonds. The van der Waals surface area contributed by atoms with E-state index in [0.717, 1.165) is 0 Å². The number of phenols is 1. The van der Waals surface area contributed by atoms with Crippen LogP contribution in [0.15, 0.2) is 10.5 Å². The Labute approximate surface area is 112 Å². The second-order valence-corrected chi connectivity index (χ2v) is 4.81. The number of aliphatic carboxylic acids is 1. The summed E-state index contributed by atoms with van der Waals surface area (Å²) in [5.41, 5.74) is 0.598. The quantitative estimate of drug-likeness (QED) is 0.891. The molecule has 0 fully saturated rings. The summed E-state index contributed by atoms with van der Waals surface area (Å²) in [6, 6.07) is 1.66. The molecule has 6 heteroatoms. The van der Waals surface area contributed by atoms with Crippen LogP contribution in [-0.4, -0.2) is 29.4 Å². The van der Waals surface area contributed by atoms with Crippen molar-refractivity contribution < 1.29 is 24.5 Å². The highest BCUT2D eigenvalue weighted by molar-refractivity contribution is 9.10. The molecular formula is C12H13BrO5. The lowest BCUT2D eigenvalue weighted by atomic mass is 10.0. The fraction of sp³-hybridized carbons (Fsp3) is 0.417. The van der Waals surface area contributed by atoms with Crippen molar-refractivity contribution in [1.29, 1.82) is 0 Å². The Morgan fingerprint density at radius 2 is 2.11 bits per heavy atom. The van der Waals surface area contributed by atoms with Crippen LogP contribution < -0.4 is 9.47 Å². The van der Waals surface area contributed by atoms with E-state index in [4.69, 9.17) is 14.6 Å². The maximum absolute atomic E-state index is 10.5. The van der Waals surface area contributed by atoms with E-state index in [1.54, 1.807) is 6.07 Å². The number of aromatic hydroxyl groups is 1. The number of carbonyl (C=O) groups is 1. The Morgan fingerprint density at radius 3 is 2.83 bits per heavy atom. The largest absolute Gasteiger partial charge is 0.506 e. The summed E-state index contributed by atoms with van der Waals surface area (Å²) in [4.78, 5) is 10.5. The lowest BCUT2D eigenvalue weighted by Gasteiger charge is -2.22. The standard InChI is InChI=1S/C12H13BrO5/c13-8-6-9-12(18-5-4-17-9)7(11(8)16)2-1-3-10(14)15/h6,16H,1-5H2,(H,14,15). The van der Waals surface area contributed by atoms with Crippen molar-refractivity contribution in [3.05, 3.63) is 16.1 Å². The van der Waals surface area contributed by atoms with Crippen LogP contribution in [-0.2, 0) is 11.2 Å². The normalized spacial score (nSPS) is 13.4. The molecule has 1 heterocycles. The van der Waals surface area contributed by atoms with Gasteiger partial charge in [0.2, 0.25) is 0 Å². The zero-order valence-corrected chi connectivity index (χ0v) is 11.2. The van der Waals surface area contributed by atoms with Gasteiger partial charge in [0.15, 0.2) is 11.5 Å². The predicted octanol–water partition coefficient (Wildman–Crippen LogP) is 2.33. The maximum Gasteiger partial charge on any atom is 0.303 e. The molecule has 0 spiro atoms. The molecule has 0 saturated carbocycles. The van der Waals surface area contributed by atoms with Crippen molar-refractivity contribution >= 4 is 21.9 Å². The summed E-state index contributed by atoms with van der Waals surface area (Å²) in [7, 11) is 0. The van der Waals surface area contributed by atoms with Gasteiger partial charge in [-0.3, -0.25) is 4.79 Å². The molecule has 5 nitrogen and oxygen atoms in total. The predicted molar refractivity (Wildman–Crippen MR) is 67.4 cm³/mol. The van der Waals surface area contributed by atoms with Crippen molar-refractivity contribution in [2.75, 3.05) is 13.2 Å². The van der Waals surface area contributed by atoms with Crippen LogP contribution in [0, 0.1) is 0 Å². The summed E-state index contributed by atoms with van der Waals surface area (Å²) < 4.78 is 11.5. The van der Waals surface area contributed by atoms with E-state index in [0.29, 0.717) is 47.6 Å². The third-order valence-corrected chi connectivity index (χ3v) is 3.28. The van der Waals surface area contributed by atoms with Gasteiger partial charge in [0.25, 0.3) is 0 Å². The lowest BCUT2D eigenvalue weighted by molar-refractivity contribution is -0.137. The molecule has 1 aromatic carbocycles. The number of hydrogen-bond acceptors (Lipinski definition) is 4.